The number of ketones is 1. The van der Waals surface area contributed by atoms with Gasteiger partial charge in [0, 0.05) is 30.0 Å². The predicted octanol–water partition coefficient (Wildman–Crippen LogP) is 7.24. The van der Waals surface area contributed by atoms with Gasteiger partial charge < -0.3 is 14.4 Å². The summed E-state index contributed by atoms with van der Waals surface area (Å²) in [5.41, 5.74) is 2.64. The number of benzene rings is 1. The van der Waals surface area contributed by atoms with Crippen LogP contribution in [0.2, 0.25) is 0 Å². The molecular weight excluding hydrogens is 548 g/mol. The molecule has 2 aliphatic heterocycles. The van der Waals surface area contributed by atoms with Gasteiger partial charge in [-0.2, -0.15) is 0 Å². The largest absolute Gasteiger partial charge is 0.493 e. The Kier molecular flexibility index (Phi) is 9.01. The van der Waals surface area contributed by atoms with Crippen molar-refractivity contribution in [1.82, 2.24) is 9.80 Å². The maximum atomic E-state index is 14.4. The molecule has 1 aromatic rings. The molecule has 4 fully saturated rings. The number of amides is 1. The van der Waals surface area contributed by atoms with Crippen molar-refractivity contribution in [1.29, 1.82) is 0 Å². The van der Waals surface area contributed by atoms with Gasteiger partial charge in [0.15, 0.2) is 11.5 Å². The number of likely N-dealkylation sites (tertiary alicyclic amines) is 1. The number of carbonyl (C=O) groups is 2. The van der Waals surface area contributed by atoms with Crippen LogP contribution in [0.3, 0.4) is 0 Å². The molecule has 44 heavy (non-hydrogen) atoms. The second-order valence-corrected chi connectivity index (χ2v) is 15.5. The number of carbonyl (C=O) groups excluding carboxylic acids is 2. The Morgan fingerprint density at radius 1 is 0.977 bits per heavy atom. The normalized spacial score (nSPS) is 31.7. The van der Waals surface area contributed by atoms with Crippen molar-refractivity contribution in [2.24, 2.45) is 17.8 Å². The lowest BCUT2D eigenvalue weighted by Gasteiger charge is -2.60. The third kappa shape index (κ3) is 5.49. The molecule has 4 aliphatic carbocycles. The molecule has 7 rings (SSSR count). The molecule has 2 bridgehead atoms. The molecule has 1 aromatic carbocycles. The number of methoxy groups -OCH3 is 1. The Morgan fingerprint density at radius 3 is 2.45 bits per heavy atom. The van der Waals surface area contributed by atoms with Gasteiger partial charge in [0.1, 0.15) is 11.9 Å². The highest BCUT2D eigenvalue weighted by molar-refractivity contribution is 5.78. The first-order valence-corrected chi connectivity index (χ1v) is 18.4. The number of hydrogen-bond donors (Lipinski definition) is 0. The van der Waals surface area contributed by atoms with E-state index < -0.39 is 0 Å². The van der Waals surface area contributed by atoms with E-state index in [9.17, 15) is 9.59 Å². The molecule has 6 heteroatoms. The van der Waals surface area contributed by atoms with E-state index in [1.165, 1.54) is 88.2 Å². The van der Waals surface area contributed by atoms with Crippen molar-refractivity contribution in [3.05, 3.63) is 23.3 Å². The fourth-order valence-electron chi connectivity index (χ4n) is 10.9. The van der Waals surface area contributed by atoms with E-state index in [2.05, 4.69) is 21.9 Å². The topological polar surface area (TPSA) is 59.1 Å². The van der Waals surface area contributed by atoms with Crippen LogP contribution in [0.25, 0.3) is 0 Å². The Bertz CT molecular complexity index is 1200. The molecule has 3 saturated carbocycles. The highest BCUT2D eigenvalue weighted by atomic mass is 16.5. The first kappa shape index (κ1) is 30.6. The molecule has 5 atom stereocenters. The van der Waals surface area contributed by atoms with Crippen molar-refractivity contribution < 1.29 is 19.1 Å². The average molecular weight is 605 g/mol. The molecule has 1 spiro atoms. The van der Waals surface area contributed by atoms with Crippen molar-refractivity contribution in [3.8, 4) is 11.5 Å². The van der Waals surface area contributed by atoms with Crippen LogP contribution in [-0.2, 0) is 21.4 Å². The third-order valence-corrected chi connectivity index (χ3v) is 12.9. The molecule has 0 N–H and O–H groups in total. The predicted molar refractivity (Wildman–Crippen MR) is 173 cm³/mol. The zero-order valence-corrected chi connectivity index (χ0v) is 27.5. The van der Waals surface area contributed by atoms with Crippen LogP contribution in [-0.4, -0.2) is 66.4 Å². The molecule has 0 aromatic heterocycles. The zero-order valence-electron chi connectivity index (χ0n) is 27.5. The van der Waals surface area contributed by atoms with Gasteiger partial charge in [0.25, 0.3) is 0 Å². The minimum absolute atomic E-state index is 0.0386. The Labute approximate surface area is 265 Å². The summed E-state index contributed by atoms with van der Waals surface area (Å²) in [5, 5.41) is 0. The minimum Gasteiger partial charge on any atom is -0.493 e. The van der Waals surface area contributed by atoms with Crippen LogP contribution in [0.4, 0.5) is 0 Å². The molecule has 0 radical (unpaired) electrons. The van der Waals surface area contributed by atoms with Gasteiger partial charge in [-0.15, -0.1) is 0 Å². The lowest BCUT2D eigenvalue weighted by Crippen LogP contribution is -2.69. The summed E-state index contributed by atoms with van der Waals surface area (Å²) >= 11 is 0. The molecular formula is C38H56N2O4. The monoisotopic (exact) mass is 604 g/mol. The maximum absolute atomic E-state index is 14.4. The Morgan fingerprint density at radius 2 is 1.73 bits per heavy atom. The Balaban J connectivity index is 1.17. The van der Waals surface area contributed by atoms with Crippen molar-refractivity contribution >= 4 is 11.7 Å². The van der Waals surface area contributed by atoms with Gasteiger partial charge in [0.2, 0.25) is 5.91 Å². The van der Waals surface area contributed by atoms with Crippen molar-refractivity contribution in [2.45, 2.75) is 146 Å². The summed E-state index contributed by atoms with van der Waals surface area (Å²) in [7, 11) is 1.75. The number of piperidine rings is 1. The molecule has 242 valence electrons. The van der Waals surface area contributed by atoms with Gasteiger partial charge >= 0.3 is 0 Å². The van der Waals surface area contributed by atoms with Gasteiger partial charge in [-0.1, -0.05) is 70.3 Å². The van der Waals surface area contributed by atoms with Crippen LogP contribution < -0.4 is 9.47 Å². The van der Waals surface area contributed by atoms with Crippen LogP contribution in [0.5, 0.6) is 11.5 Å². The van der Waals surface area contributed by atoms with E-state index in [1.54, 1.807) is 14.0 Å². The quantitative estimate of drug-likeness (QED) is 0.249. The summed E-state index contributed by atoms with van der Waals surface area (Å²) in [6, 6.07) is 4.79. The van der Waals surface area contributed by atoms with Crippen LogP contribution >= 0.6 is 0 Å². The molecule has 6 aliphatic rings. The van der Waals surface area contributed by atoms with Crippen molar-refractivity contribution in [3.63, 3.8) is 0 Å². The lowest BCUT2D eigenvalue weighted by atomic mass is 9.51. The number of hydrogen-bond acceptors (Lipinski definition) is 5. The molecule has 2 heterocycles. The van der Waals surface area contributed by atoms with Gasteiger partial charge in [0.05, 0.1) is 19.7 Å². The summed E-state index contributed by atoms with van der Waals surface area (Å²) in [4.78, 5) is 31.5. The second-order valence-electron chi connectivity index (χ2n) is 15.5. The van der Waals surface area contributed by atoms with E-state index in [-0.39, 0.29) is 23.3 Å². The second kappa shape index (κ2) is 13.0. The fourth-order valence-corrected chi connectivity index (χ4v) is 10.9. The van der Waals surface area contributed by atoms with Gasteiger partial charge in [-0.05, 0) is 87.8 Å². The standard InChI is InChI=1S/C38H56N2O4/c1-26(41)24-39-22-21-38-30-18-19-31(37(38)44-36-33(43-2)20-17-29(35(36)38)23-32(30)39)40(25-28-14-7-4-8-15-28)34(42)16-10-9-13-27-11-5-3-6-12-27/h17,20,27-28,30-32,37H,3-16,18-19,21-25H2,1-2H3/t30-,31-,32+,37-,38-/m0/s1. The SMILES string of the molecule is COc1ccc2c3c1O[C@H]1[C@@H](N(CC4CCCCC4)C(=O)CCCCC4CCCCC4)CC[C@H]4[C@@H](C2)N(CC(C)=O)CC[C@@]341. The molecule has 6 nitrogen and oxygen atoms in total. The van der Waals surface area contributed by atoms with E-state index in [0.717, 1.165) is 62.6 Å². The summed E-state index contributed by atoms with van der Waals surface area (Å²) in [6.07, 6.45) is 21.6. The lowest BCUT2D eigenvalue weighted by molar-refractivity contribution is -0.145. The van der Waals surface area contributed by atoms with E-state index >= 15 is 0 Å². The van der Waals surface area contributed by atoms with E-state index in [0.29, 0.717) is 36.8 Å². The summed E-state index contributed by atoms with van der Waals surface area (Å²) in [6.45, 7) is 4.08. The smallest absolute Gasteiger partial charge is 0.222 e. The van der Waals surface area contributed by atoms with E-state index in [1.807, 2.05) is 0 Å². The van der Waals surface area contributed by atoms with Gasteiger partial charge in [-0.25, -0.2) is 0 Å². The first-order valence-electron chi connectivity index (χ1n) is 18.4. The van der Waals surface area contributed by atoms with E-state index in [4.69, 9.17) is 9.47 Å². The number of Topliss-reactive ketones (excluding diaryl/α,β-unsaturated/α-hetero) is 1. The highest BCUT2D eigenvalue weighted by Crippen LogP contribution is 2.64. The number of ether oxygens (including phenoxy) is 2. The maximum Gasteiger partial charge on any atom is 0.222 e. The minimum atomic E-state index is -0.107. The van der Waals surface area contributed by atoms with Crippen molar-refractivity contribution in [2.75, 3.05) is 26.7 Å². The summed E-state index contributed by atoms with van der Waals surface area (Å²) in [5.74, 6) is 4.34. The van der Waals surface area contributed by atoms with Crippen LogP contribution in [0.15, 0.2) is 12.1 Å². The molecule has 1 saturated heterocycles. The highest BCUT2D eigenvalue weighted by Gasteiger charge is 2.66. The van der Waals surface area contributed by atoms with Crippen LogP contribution in [0, 0.1) is 17.8 Å². The first-order chi connectivity index (χ1) is 21.5. The fraction of sp³-hybridized carbons (Fsp3) is 0.789. The zero-order chi connectivity index (χ0) is 30.3. The number of rotatable bonds is 11. The number of unbranched alkanes of at least 4 members (excludes halogenated alkanes) is 1. The van der Waals surface area contributed by atoms with Gasteiger partial charge in [-0.3, -0.25) is 14.5 Å². The van der Waals surface area contributed by atoms with Crippen LogP contribution in [0.1, 0.15) is 127 Å². The third-order valence-electron chi connectivity index (χ3n) is 12.9. The molecule has 1 amide bonds. The Hall–Kier alpha value is -2.08. The molecule has 0 unspecified atom stereocenters. The summed E-state index contributed by atoms with van der Waals surface area (Å²) < 4.78 is 13.1. The average Bonchev–Trinajstić information content (AvgIpc) is 3.39. The number of nitrogens with zero attached hydrogens (tertiary/aromatic N) is 2.